The Morgan fingerprint density at radius 2 is 1.58 bits per heavy atom. The molecule has 0 fully saturated rings. The maximum atomic E-state index is 12.8. The molecule has 1 atom stereocenters. The number of rotatable bonds is 6. The van der Waals surface area contributed by atoms with Crippen LogP contribution in [0.1, 0.15) is 22.8 Å². The highest BCUT2D eigenvalue weighted by molar-refractivity contribution is 5.98. The van der Waals surface area contributed by atoms with E-state index < -0.39 is 29.7 Å². The zero-order chi connectivity index (χ0) is 22.4. The predicted octanol–water partition coefficient (Wildman–Crippen LogP) is 5.68. The molecular weight excluding hydrogens is 411 g/mol. The van der Waals surface area contributed by atoms with Crippen LogP contribution in [0, 0.1) is 0 Å². The number of hydrogen-bond acceptors (Lipinski definition) is 4. The minimum atomic E-state index is -4.54. The molecule has 0 aliphatic rings. The molecule has 31 heavy (non-hydrogen) atoms. The molecule has 0 aliphatic heterocycles. The van der Waals surface area contributed by atoms with Gasteiger partial charge in [-0.15, -0.1) is 0 Å². The fraction of sp³-hybridized carbons (Fsp3) is 0.130. The van der Waals surface area contributed by atoms with Crippen molar-refractivity contribution in [2.45, 2.75) is 19.2 Å². The van der Waals surface area contributed by atoms with E-state index in [9.17, 15) is 22.8 Å². The maximum absolute atomic E-state index is 12.8. The van der Waals surface area contributed by atoms with Gasteiger partial charge in [-0.2, -0.15) is 13.2 Å². The topological polar surface area (TPSA) is 64.6 Å². The molecule has 0 spiro atoms. The van der Waals surface area contributed by atoms with Crippen LogP contribution in [-0.4, -0.2) is 18.0 Å². The van der Waals surface area contributed by atoms with Gasteiger partial charge in [0.05, 0.1) is 5.56 Å². The summed E-state index contributed by atoms with van der Waals surface area (Å²) in [5.74, 6) is -0.824. The third-order valence-corrected chi connectivity index (χ3v) is 4.19. The first-order valence-corrected chi connectivity index (χ1v) is 9.25. The molecule has 0 unspecified atom stereocenters. The van der Waals surface area contributed by atoms with E-state index in [0.29, 0.717) is 5.75 Å². The van der Waals surface area contributed by atoms with Crippen LogP contribution in [0.2, 0.25) is 0 Å². The minimum Gasteiger partial charge on any atom is -0.456 e. The van der Waals surface area contributed by atoms with Crippen molar-refractivity contribution in [3.8, 4) is 11.5 Å². The minimum absolute atomic E-state index is 0.0597. The number of hydrogen-bond donors (Lipinski definition) is 1. The number of ether oxygens (including phenoxy) is 2. The third kappa shape index (κ3) is 5.85. The van der Waals surface area contributed by atoms with Crippen LogP contribution in [0.15, 0.2) is 78.9 Å². The van der Waals surface area contributed by atoms with Crippen molar-refractivity contribution in [3.63, 3.8) is 0 Å². The number of anilines is 1. The van der Waals surface area contributed by atoms with Crippen molar-refractivity contribution in [2.24, 2.45) is 0 Å². The Kier molecular flexibility index (Phi) is 6.59. The smallest absolute Gasteiger partial charge is 0.416 e. The fourth-order valence-corrected chi connectivity index (χ4v) is 2.63. The number of nitrogens with one attached hydrogen (secondary N) is 1. The zero-order valence-corrected chi connectivity index (χ0v) is 16.3. The van der Waals surface area contributed by atoms with Crippen molar-refractivity contribution in [2.75, 3.05) is 5.32 Å². The van der Waals surface area contributed by atoms with Gasteiger partial charge in [0.1, 0.15) is 17.1 Å². The van der Waals surface area contributed by atoms with Crippen LogP contribution in [0.3, 0.4) is 0 Å². The highest BCUT2D eigenvalue weighted by Gasteiger charge is 2.30. The Bertz CT molecular complexity index is 1070. The summed E-state index contributed by atoms with van der Waals surface area (Å²) < 4.78 is 49.4. The van der Waals surface area contributed by atoms with E-state index in [1.807, 2.05) is 6.07 Å². The molecule has 160 valence electrons. The molecule has 3 aromatic carbocycles. The Labute approximate surface area is 176 Å². The summed E-state index contributed by atoms with van der Waals surface area (Å²) >= 11 is 0. The number of amides is 1. The Hall–Kier alpha value is -3.81. The number of carbonyl (C=O) groups is 2. The van der Waals surface area contributed by atoms with Gasteiger partial charge >= 0.3 is 12.1 Å². The lowest BCUT2D eigenvalue weighted by Crippen LogP contribution is -2.30. The van der Waals surface area contributed by atoms with E-state index in [2.05, 4.69) is 5.32 Å². The van der Waals surface area contributed by atoms with Gasteiger partial charge < -0.3 is 14.8 Å². The highest BCUT2D eigenvalue weighted by atomic mass is 19.4. The predicted molar refractivity (Wildman–Crippen MR) is 108 cm³/mol. The monoisotopic (exact) mass is 429 g/mol. The lowest BCUT2D eigenvalue weighted by atomic mass is 10.2. The van der Waals surface area contributed by atoms with E-state index in [0.717, 1.165) is 12.1 Å². The molecule has 0 radical (unpaired) electrons. The Morgan fingerprint density at radius 3 is 2.29 bits per heavy atom. The molecule has 3 rings (SSSR count). The molecule has 0 aliphatic carbocycles. The summed E-state index contributed by atoms with van der Waals surface area (Å²) in [6, 6.07) is 19.3. The van der Waals surface area contributed by atoms with E-state index >= 15 is 0 Å². The van der Waals surface area contributed by atoms with Gasteiger partial charge in [0, 0.05) is 5.69 Å². The molecule has 0 saturated heterocycles. The molecule has 5 nitrogen and oxygen atoms in total. The van der Waals surface area contributed by atoms with Crippen molar-refractivity contribution in [1.82, 2.24) is 0 Å². The van der Waals surface area contributed by atoms with Crippen LogP contribution in [-0.2, 0) is 15.7 Å². The quantitative estimate of drug-likeness (QED) is 0.512. The second-order valence-corrected chi connectivity index (χ2v) is 6.53. The number of benzene rings is 3. The van der Waals surface area contributed by atoms with E-state index in [-0.39, 0.29) is 17.0 Å². The lowest BCUT2D eigenvalue weighted by Gasteiger charge is -2.16. The Morgan fingerprint density at radius 1 is 0.903 bits per heavy atom. The Balaban J connectivity index is 1.68. The molecule has 0 heterocycles. The molecule has 0 bridgehead atoms. The first-order valence-electron chi connectivity index (χ1n) is 9.25. The van der Waals surface area contributed by atoms with Crippen molar-refractivity contribution in [1.29, 1.82) is 0 Å². The molecular formula is C23H18F3NO4. The van der Waals surface area contributed by atoms with Crippen molar-refractivity contribution >= 4 is 17.6 Å². The van der Waals surface area contributed by atoms with Crippen LogP contribution >= 0.6 is 0 Å². The van der Waals surface area contributed by atoms with Crippen LogP contribution < -0.4 is 10.1 Å². The molecule has 0 saturated carbocycles. The number of esters is 1. The second-order valence-electron chi connectivity index (χ2n) is 6.53. The number of para-hydroxylation sites is 2. The average molecular weight is 429 g/mol. The maximum Gasteiger partial charge on any atom is 0.416 e. The molecule has 0 aromatic heterocycles. The number of carbonyl (C=O) groups excluding carboxylic acids is 2. The normalized spacial score (nSPS) is 12.0. The standard InChI is InChI=1S/C23H18F3NO4/c1-15(21(28)27-17-9-7-8-16(14-17)23(24,25)26)30-22(29)19-12-5-6-13-20(19)31-18-10-3-2-4-11-18/h2-15H,1H3,(H,27,28)/t15-/m1/s1. The van der Waals surface area contributed by atoms with Crippen molar-refractivity contribution < 1.29 is 32.2 Å². The highest BCUT2D eigenvalue weighted by Crippen LogP contribution is 2.31. The van der Waals surface area contributed by atoms with Gasteiger partial charge in [-0.3, -0.25) is 4.79 Å². The third-order valence-electron chi connectivity index (χ3n) is 4.19. The van der Waals surface area contributed by atoms with E-state index in [1.54, 1.807) is 42.5 Å². The number of alkyl halides is 3. The van der Waals surface area contributed by atoms with Gasteiger partial charge in [0.25, 0.3) is 5.91 Å². The summed E-state index contributed by atoms with van der Waals surface area (Å²) in [7, 11) is 0. The largest absolute Gasteiger partial charge is 0.456 e. The summed E-state index contributed by atoms with van der Waals surface area (Å²) in [5, 5.41) is 2.32. The van der Waals surface area contributed by atoms with Gasteiger partial charge in [-0.1, -0.05) is 36.4 Å². The summed E-state index contributed by atoms with van der Waals surface area (Å²) in [4.78, 5) is 24.9. The average Bonchev–Trinajstić information content (AvgIpc) is 2.74. The first-order chi connectivity index (χ1) is 14.7. The van der Waals surface area contributed by atoms with Gasteiger partial charge in [-0.05, 0) is 49.4 Å². The SMILES string of the molecule is C[C@@H](OC(=O)c1ccccc1Oc1ccccc1)C(=O)Nc1cccc(C(F)(F)F)c1. The number of halogens is 3. The summed E-state index contributed by atoms with van der Waals surface area (Å²) in [6.07, 6.45) is -5.80. The fourth-order valence-electron chi connectivity index (χ4n) is 2.63. The molecule has 1 amide bonds. The summed E-state index contributed by atoms with van der Waals surface area (Å²) in [5.41, 5.74) is -0.859. The lowest BCUT2D eigenvalue weighted by molar-refractivity contribution is -0.137. The van der Waals surface area contributed by atoms with Crippen LogP contribution in [0.5, 0.6) is 11.5 Å². The molecule has 8 heteroatoms. The van der Waals surface area contributed by atoms with Crippen molar-refractivity contribution in [3.05, 3.63) is 90.0 Å². The van der Waals surface area contributed by atoms with Gasteiger partial charge in [0.2, 0.25) is 0 Å². The van der Waals surface area contributed by atoms with E-state index in [1.165, 1.54) is 25.1 Å². The zero-order valence-electron chi connectivity index (χ0n) is 16.3. The molecule has 3 aromatic rings. The van der Waals surface area contributed by atoms with E-state index in [4.69, 9.17) is 9.47 Å². The first kappa shape index (κ1) is 21.9. The van der Waals surface area contributed by atoms with Crippen LogP contribution in [0.25, 0.3) is 0 Å². The van der Waals surface area contributed by atoms with Gasteiger partial charge in [0.15, 0.2) is 6.10 Å². The summed E-state index contributed by atoms with van der Waals surface area (Å²) in [6.45, 7) is 1.32. The second kappa shape index (κ2) is 9.34. The molecule has 1 N–H and O–H groups in total. The van der Waals surface area contributed by atoms with Gasteiger partial charge in [-0.25, -0.2) is 4.79 Å². The van der Waals surface area contributed by atoms with Crippen LogP contribution in [0.4, 0.5) is 18.9 Å².